The number of aromatic nitrogens is 1. The topological polar surface area (TPSA) is 42.2 Å². The largest absolute Gasteiger partial charge is 0.327 e. The van der Waals surface area contributed by atoms with Gasteiger partial charge in [0, 0.05) is 24.8 Å². The lowest BCUT2D eigenvalue weighted by Crippen LogP contribution is -2.46. The van der Waals surface area contributed by atoms with Crippen LogP contribution in [0.4, 0.5) is 0 Å². The highest BCUT2D eigenvalue weighted by molar-refractivity contribution is 5.09. The predicted octanol–water partition coefficient (Wildman–Crippen LogP) is 3.22. The van der Waals surface area contributed by atoms with E-state index in [0.717, 1.165) is 37.2 Å². The van der Waals surface area contributed by atoms with Gasteiger partial charge in [0.05, 0.1) is 5.69 Å². The van der Waals surface area contributed by atoms with Crippen molar-refractivity contribution in [1.82, 2.24) is 9.88 Å². The minimum atomic E-state index is 0.350. The first-order valence-electron chi connectivity index (χ1n) is 8.40. The van der Waals surface area contributed by atoms with Crippen LogP contribution in [0.5, 0.6) is 0 Å². The number of rotatable bonds is 5. The van der Waals surface area contributed by atoms with Gasteiger partial charge in [0.1, 0.15) is 0 Å². The van der Waals surface area contributed by atoms with Crippen LogP contribution < -0.4 is 5.73 Å². The molecule has 1 aliphatic rings. The molecule has 1 fully saturated rings. The van der Waals surface area contributed by atoms with Gasteiger partial charge in [-0.3, -0.25) is 9.88 Å². The summed E-state index contributed by atoms with van der Waals surface area (Å²) in [6, 6.07) is 6.63. The third-order valence-electron chi connectivity index (χ3n) is 4.98. The molecular formula is C18H31N3. The van der Waals surface area contributed by atoms with E-state index in [4.69, 9.17) is 5.73 Å². The fraction of sp³-hybridized carbons (Fsp3) is 0.722. The van der Waals surface area contributed by atoms with E-state index in [1.54, 1.807) is 0 Å². The van der Waals surface area contributed by atoms with E-state index in [1.165, 1.54) is 18.5 Å². The van der Waals surface area contributed by atoms with Crippen molar-refractivity contribution < 1.29 is 0 Å². The highest BCUT2D eigenvalue weighted by atomic mass is 15.1. The molecule has 0 saturated heterocycles. The molecule has 2 N–H and O–H groups in total. The summed E-state index contributed by atoms with van der Waals surface area (Å²) >= 11 is 0. The van der Waals surface area contributed by atoms with Crippen LogP contribution in [-0.2, 0) is 6.54 Å². The molecule has 0 radical (unpaired) electrons. The minimum Gasteiger partial charge on any atom is -0.327 e. The summed E-state index contributed by atoms with van der Waals surface area (Å²) in [5.41, 5.74) is 8.70. The van der Waals surface area contributed by atoms with Crippen LogP contribution in [0.3, 0.4) is 0 Å². The van der Waals surface area contributed by atoms with Gasteiger partial charge in [-0.15, -0.1) is 0 Å². The lowest BCUT2D eigenvalue weighted by atomic mass is 9.72. The molecule has 118 valence electrons. The summed E-state index contributed by atoms with van der Waals surface area (Å²) in [7, 11) is 0. The van der Waals surface area contributed by atoms with E-state index in [1.807, 2.05) is 0 Å². The summed E-state index contributed by atoms with van der Waals surface area (Å²) in [5, 5.41) is 0. The van der Waals surface area contributed by atoms with Crippen LogP contribution in [0.25, 0.3) is 0 Å². The average molecular weight is 289 g/mol. The van der Waals surface area contributed by atoms with E-state index >= 15 is 0 Å². The fourth-order valence-electron chi connectivity index (χ4n) is 3.80. The van der Waals surface area contributed by atoms with Gasteiger partial charge in [0.2, 0.25) is 0 Å². The van der Waals surface area contributed by atoms with Crippen LogP contribution in [0.2, 0.25) is 0 Å². The smallest absolute Gasteiger partial charge is 0.0547 e. The second-order valence-corrected chi connectivity index (χ2v) is 6.98. The SMILES string of the molecule is CCN(Cc1cccc(C)n1)CC1C(C)CC(C)CC1N. The Kier molecular flexibility index (Phi) is 5.77. The fourth-order valence-corrected chi connectivity index (χ4v) is 3.80. The highest BCUT2D eigenvalue weighted by Crippen LogP contribution is 2.33. The number of aryl methyl sites for hydroxylation is 1. The Bertz CT molecular complexity index is 434. The first kappa shape index (κ1) is 16.4. The molecule has 1 aliphatic carbocycles. The van der Waals surface area contributed by atoms with Gasteiger partial charge in [-0.1, -0.05) is 26.8 Å². The van der Waals surface area contributed by atoms with Crippen molar-refractivity contribution >= 4 is 0 Å². The molecule has 0 spiro atoms. The Hall–Kier alpha value is -0.930. The van der Waals surface area contributed by atoms with Crippen molar-refractivity contribution in [2.75, 3.05) is 13.1 Å². The number of hydrogen-bond donors (Lipinski definition) is 1. The molecule has 3 nitrogen and oxygen atoms in total. The molecule has 0 bridgehead atoms. The number of nitrogens with zero attached hydrogens (tertiary/aromatic N) is 2. The maximum absolute atomic E-state index is 6.44. The zero-order valence-electron chi connectivity index (χ0n) is 14.0. The van der Waals surface area contributed by atoms with E-state index in [9.17, 15) is 0 Å². The number of pyridine rings is 1. The molecule has 4 unspecified atom stereocenters. The van der Waals surface area contributed by atoms with Gasteiger partial charge < -0.3 is 5.73 Å². The maximum atomic E-state index is 6.44. The van der Waals surface area contributed by atoms with Crippen LogP contribution >= 0.6 is 0 Å². The summed E-state index contributed by atoms with van der Waals surface area (Å²) in [4.78, 5) is 7.13. The molecule has 4 atom stereocenters. The first-order chi connectivity index (χ1) is 9.99. The first-order valence-corrected chi connectivity index (χ1v) is 8.40. The second kappa shape index (κ2) is 7.37. The normalized spacial score (nSPS) is 29.8. The third kappa shape index (κ3) is 4.52. The number of nitrogens with two attached hydrogens (primary N) is 1. The van der Waals surface area contributed by atoms with Gasteiger partial charge in [-0.05, 0) is 56.2 Å². The van der Waals surface area contributed by atoms with Crippen molar-refractivity contribution in [3.63, 3.8) is 0 Å². The second-order valence-electron chi connectivity index (χ2n) is 6.98. The maximum Gasteiger partial charge on any atom is 0.0547 e. The van der Waals surface area contributed by atoms with Crippen LogP contribution in [0.15, 0.2) is 18.2 Å². The quantitative estimate of drug-likeness (QED) is 0.905. The Labute approximate surface area is 129 Å². The molecule has 1 aromatic heterocycles. The molecule has 2 rings (SSSR count). The monoisotopic (exact) mass is 289 g/mol. The van der Waals surface area contributed by atoms with Crippen molar-refractivity contribution in [3.8, 4) is 0 Å². The summed E-state index contributed by atoms with van der Waals surface area (Å²) in [6.45, 7) is 12.1. The lowest BCUT2D eigenvalue weighted by Gasteiger charge is -2.40. The molecule has 3 heteroatoms. The highest BCUT2D eigenvalue weighted by Gasteiger charge is 2.32. The van der Waals surface area contributed by atoms with Gasteiger partial charge in [0.25, 0.3) is 0 Å². The van der Waals surface area contributed by atoms with Gasteiger partial charge in [-0.2, -0.15) is 0 Å². The van der Waals surface area contributed by atoms with Crippen LogP contribution in [0, 0.1) is 24.7 Å². The van der Waals surface area contributed by atoms with Crippen molar-refractivity contribution in [3.05, 3.63) is 29.6 Å². The molecule has 1 heterocycles. The molecule has 21 heavy (non-hydrogen) atoms. The zero-order chi connectivity index (χ0) is 15.4. The Morgan fingerprint density at radius 2 is 2.05 bits per heavy atom. The minimum absolute atomic E-state index is 0.350. The van der Waals surface area contributed by atoms with E-state index in [-0.39, 0.29) is 0 Å². The van der Waals surface area contributed by atoms with Crippen LogP contribution in [0.1, 0.15) is 45.0 Å². The molecular weight excluding hydrogens is 258 g/mol. The summed E-state index contributed by atoms with van der Waals surface area (Å²) in [5.74, 6) is 2.12. The third-order valence-corrected chi connectivity index (χ3v) is 4.98. The molecule has 0 amide bonds. The standard InChI is InChI=1S/C18H31N3/c1-5-21(11-16-8-6-7-15(4)20-16)12-17-14(3)9-13(2)10-18(17)19/h6-8,13-14,17-18H,5,9-12,19H2,1-4H3. The van der Waals surface area contributed by atoms with Crippen LogP contribution in [-0.4, -0.2) is 29.0 Å². The Morgan fingerprint density at radius 3 is 2.67 bits per heavy atom. The van der Waals surface area contributed by atoms with Crippen molar-refractivity contribution in [1.29, 1.82) is 0 Å². The molecule has 1 aromatic rings. The Balaban J connectivity index is 1.98. The van der Waals surface area contributed by atoms with E-state index in [2.05, 4.69) is 55.8 Å². The van der Waals surface area contributed by atoms with Crippen molar-refractivity contribution in [2.45, 2.75) is 53.1 Å². The molecule has 0 aromatic carbocycles. The van der Waals surface area contributed by atoms with Crippen molar-refractivity contribution in [2.24, 2.45) is 23.5 Å². The number of hydrogen-bond acceptors (Lipinski definition) is 3. The zero-order valence-corrected chi connectivity index (χ0v) is 14.0. The lowest BCUT2D eigenvalue weighted by molar-refractivity contribution is 0.116. The predicted molar refractivity (Wildman–Crippen MR) is 89.0 cm³/mol. The Morgan fingerprint density at radius 1 is 1.29 bits per heavy atom. The molecule has 0 aliphatic heterocycles. The van der Waals surface area contributed by atoms with E-state index in [0.29, 0.717) is 12.0 Å². The summed E-state index contributed by atoms with van der Waals surface area (Å²) in [6.07, 6.45) is 2.49. The molecule has 1 saturated carbocycles. The average Bonchev–Trinajstić information content (AvgIpc) is 2.41. The van der Waals surface area contributed by atoms with Gasteiger partial charge in [-0.25, -0.2) is 0 Å². The van der Waals surface area contributed by atoms with Gasteiger partial charge in [0.15, 0.2) is 0 Å². The van der Waals surface area contributed by atoms with Gasteiger partial charge >= 0.3 is 0 Å². The van der Waals surface area contributed by atoms with E-state index < -0.39 is 0 Å². The summed E-state index contributed by atoms with van der Waals surface area (Å²) < 4.78 is 0.